The molecule has 3 nitrogen and oxygen atoms in total. The van der Waals surface area contributed by atoms with Gasteiger partial charge in [-0.2, -0.15) is 0 Å². The highest BCUT2D eigenvalue weighted by Crippen LogP contribution is 2.34. The Balaban J connectivity index is 2.21. The van der Waals surface area contributed by atoms with Crippen LogP contribution in [0.3, 0.4) is 0 Å². The molecule has 0 aromatic heterocycles. The van der Waals surface area contributed by atoms with Crippen LogP contribution in [-0.2, 0) is 6.61 Å². The number of carboxylic acids is 1. The van der Waals surface area contributed by atoms with Crippen molar-refractivity contribution >= 4 is 29.2 Å². The van der Waals surface area contributed by atoms with Gasteiger partial charge < -0.3 is 9.84 Å². The summed E-state index contributed by atoms with van der Waals surface area (Å²) in [5, 5.41) is 7.72. The Labute approximate surface area is 128 Å². The first-order valence-corrected chi connectivity index (χ1v) is 6.43. The Morgan fingerprint density at radius 3 is 2.57 bits per heavy atom. The molecule has 110 valence electrons. The standard InChI is InChI=1S/C14H8Cl2F2O3/c15-11-9(17)5-10(12(16)13(11)18)21-6-7-2-1-3-8(4-7)14(19)20/h1-5H,6H2,(H,19,20). The van der Waals surface area contributed by atoms with Gasteiger partial charge in [-0.15, -0.1) is 0 Å². The molecule has 0 amide bonds. The summed E-state index contributed by atoms with van der Waals surface area (Å²) in [6, 6.07) is 6.82. The lowest BCUT2D eigenvalue weighted by atomic mass is 10.1. The predicted octanol–water partition coefficient (Wildman–Crippen LogP) is 4.55. The first-order chi connectivity index (χ1) is 9.90. The van der Waals surface area contributed by atoms with Crippen molar-refractivity contribution in [3.63, 3.8) is 0 Å². The second-order valence-electron chi connectivity index (χ2n) is 4.09. The molecule has 2 aromatic rings. The van der Waals surface area contributed by atoms with Gasteiger partial charge in [-0.05, 0) is 17.7 Å². The third-order valence-corrected chi connectivity index (χ3v) is 3.34. The molecule has 0 unspecified atom stereocenters. The Morgan fingerprint density at radius 1 is 1.19 bits per heavy atom. The normalized spacial score (nSPS) is 10.5. The number of rotatable bonds is 4. The Morgan fingerprint density at radius 2 is 1.90 bits per heavy atom. The number of carboxylic acid groups (broad SMARTS) is 1. The average Bonchev–Trinajstić information content (AvgIpc) is 2.47. The van der Waals surface area contributed by atoms with Crippen LogP contribution < -0.4 is 4.74 Å². The number of halogens is 4. The lowest BCUT2D eigenvalue weighted by Gasteiger charge is -2.10. The molecule has 0 aliphatic rings. The summed E-state index contributed by atoms with van der Waals surface area (Å²) in [5.74, 6) is -3.39. The van der Waals surface area contributed by atoms with E-state index >= 15 is 0 Å². The molecule has 0 spiro atoms. The largest absolute Gasteiger partial charge is 0.487 e. The van der Waals surface area contributed by atoms with E-state index in [1.165, 1.54) is 18.2 Å². The molecule has 0 heterocycles. The zero-order valence-corrected chi connectivity index (χ0v) is 11.9. The molecule has 1 N–H and O–H groups in total. The van der Waals surface area contributed by atoms with Crippen molar-refractivity contribution in [2.45, 2.75) is 6.61 Å². The van der Waals surface area contributed by atoms with Crippen LogP contribution >= 0.6 is 23.2 Å². The first-order valence-electron chi connectivity index (χ1n) is 5.68. The summed E-state index contributed by atoms with van der Waals surface area (Å²) < 4.78 is 32.0. The topological polar surface area (TPSA) is 46.5 Å². The van der Waals surface area contributed by atoms with Gasteiger partial charge in [-0.25, -0.2) is 13.6 Å². The van der Waals surface area contributed by atoms with Gasteiger partial charge in [0.05, 0.1) is 5.56 Å². The van der Waals surface area contributed by atoms with Crippen molar-refractivity contribution in [1.29, 1.82) is 0 Å². The molecule has 2 rings (SSSR count). The van der Waals surface area contributed by atoms with Crippen molar-refractivity contribution in [3.05, 3.63) is 63.1 Å². The SMILES string of the molecule is O=C(O)c1cccc(COc2cc(F)c(Cl)c(F)c2Cl)c1. The number of aromatic carboxylic acids is 1. The molecule has 0 aliphatic heterocycles. The molecule has 0 aliphatic carbocycles. The molecule has 0 saturated heterocycles. The van der Waals surface area contributed by atoms with Crippen LogP contribution in [0.5, 0.6) is 5.75 Å². The summed E-state index contributed by atoms with van der Waals surface area (Å²) in [5.41, 5.74) is 0.595. The third-order valence-electron chi connectivity index (χ3n) is 2.64. The first kappa shape index (κ1) is 15.5. The van der Waals surface area contributed by atoms with Crippen LogP contribution in [0.1, 0.15) is 15.9 Å². The van der Waals surface area contributed by atoms with Crippen molar-refractivity contribution in [3.8, 4) is 5.75 Å². The van der Waals surface area contributed by atoms with E-state index in [-0.39, 0.29) is 17.9 Å². The lowest BCUT2D eigenvalue weighted by molar-refractivity contribution is 0.0696. The van der Waals surface area contributed by atoms with E-state index in [9.17, 15) is 13.6 Å². The Hall–Kier alpha value is -1.85. The minimum Gasteiger partial charge on any atom is -0.487 e. The highest BCUT2D eigenvalue weighted by Gasteiger charge is 2.17. The second-order valence-corrected chi connectivity index (χ2v) is 4.85. The van der Waals surface area contributed by atoms with E-state index in [2.05, 4.69) is 0 Å². The van der Waals surface area contributed by atoms with E-state index in [4.69, 9.17) is 33.0 Å². The zero-order chi connectivity index (χ0) is 15.6. The summed E-state index contributed by atoms with van der Waals surface area (Å²) in [7, 11) is 0. The van der Waals surface area contributed by atoms with E-state index < -0.39 is 27.6 Å². The zero-order valence-electron chi connectivity index (χ0n) is 10.4. The van der Waals surface area contributed by atoms with E-state index in [0.29, 0.717) is 5.56 Å². The summed E-state index contributed by atoms with van der Waals surface area (Å²) in [6.45, 7) is -0.0959. The Bertz CT molecular complexity index is 705. The Kier molecular flexibility index (Phi) is 4.65. The summed E-state index contributed by atoms with van der Waals surface area (Å²) in [4.78, 5) is 10.8. The van der Waals surface area contributed by atoms with Gasteiger partial charge in [0.2, 0.25) is 0 Å². The number of hydrogen-bond donors (Lipinski definition) is 1. The monoisotopic (exact) mass is 332 g/mol. The molecule has 0 fully saturated rings. The van der Waals surface area contributed by atoms with Crippen molar-refractivity contribution in [2.75, 3.05) is 0 Å². The number of carbonyl (C=O) groups is 1. The lowest BCUT2D eigenvalue weighted by Crippen LogP contribution is -2.01. The fourth-order valence-electron chi connectivity index (χ4n) is 1.61. The average molecular weight is 333 g/mol. The molecule has 0 radical (unpaired) electrons. The summed E-state index contributed by atoms with van der Waals surface area (Å²) >= 11 is 11.0. The van der Waals surface area contributed by atoms with Crippen molar-refractivity contribution < 1.29 is 23.4 Å². The highest BCUT2D eigenvalue weighted by molar-refractivity contribution is 6.35. The molecular weight excluding hydrogens is 325 g/mol. The smallest absolute Gasteiger partial charge is 0.335 e. The molecule has 21 heavy (non-hydrogen) atoms. The second kappa shape index (κ2) is 6.28. The fraction of sp³-hybridized carbons (Fsp3) is 0.0714. The van der Waals surface area contributed by atoms with Gasteiger partial charge in [0.25, 0.3) is 0 Å². The van der Waals surface area contributed by atoms with Gasteiger partial charge in [0.1, 0.15) is 28.2 Å². The molecule has 0 saturated carbocycles. The van der Waals surface area contributed by atoms with Crippen LogP contribution in [0, 0.1) is 11.6 Å². The highest BCUT2D eigenvalue weighted by atomic mass is 35.5. The number of benzene rings is 2. The molecule has 2 aromatic carbocycles. The van der Waals surface area contributed by atoms with Gasteiger partial charge >= 0.3 is 5.97 Å². The van der Waals surface area contributed by atoms with Crippen LogP contribution in [0.4, 0.5) is 8.78 Å². The molecular formula is C14H8Cl2F2O3. The van der Waals surface area contributed by atoms with Crippen LogP contribution in [0.15, 0.2) is 30.3 Å². The van der Waals surface area contributed by atoms with Crippen LogP contribution in [0.25, 0.3) is 0 Å². The maximum atomic E-state index is 13.5. The minimum atomic E-state index is -1.10. The van der Waals surface area contributed by atoms with E-state index in [1.54, 1.807) is 6.07 Å². The minimum absolute atomic E-state index is 0.0793. The molecule has 0 bridgehead atoms. The van der Waals surface area contributed by atoms with Crippen LogP contribution in [-0.4, -0.2) is 11.1 Å². The van der Waals surface area contributed by atoms with Gasteiger partial charge in [-0.3, -0.25) is 0 Å². The maximum Gasteiger partial charge on any atom is 0.335 e. The number of ether oxygens (including phenoxy) is 1. The molecule has 7 heteroatoms. The predicted molar refractivity (Wildman–Crippen MR) is 74.1 cm³/mol. The van der Waals surface area contributed by atoms with E-state index in [1.807, 2.05) is 0 Å². The quantitative estimate of drug-likeness (QED) is 0.660. The summed E-state index contributed by atoms with van der Waals surface area (Å²) in [6.07, 6.45) is 0. The van der Waals surface area contributed by atoms with Gasteiger partial charge in [0.15, 0.2) is 5.82 Å². The van der Waals surface area contributed by atoms with Crippen molar-refractivity contribution in [2.24, 2.45) is 0 Å². The van der Waals surface area contributed by atoms with Crippen molar-refractivity contribution in [1.82, 2.24) is 0 Å². The number of hydrogen-bond acceptors (Lipinski definition) is 2. The van der Waals surface area contributed by atoms with Gasteiger partial charge in [0, 0.05) is 6.07 Å². The van der Waals surface area contributed by atoms with Gasteiger partial charge in [-0.1, -0.05) is 35.3 Å². The molecule has 0 atom stereocenters. The maximum absolute atomic E-state index is 13.5. The van der Waals surface area contributed by atoms with Crippen LogP contribution in [0.2, 0.25) is 10.0 Å². The van der Waals surface area contributed by atoms with E-state index in [0.717, 1.165) is 6.07 Å². The third kappa shape index (κ3) is 3.43. The fourth-order valence-corrected chi connectivity index (χ4v) is 2.01.